The van der Waals surface area contributed by atoms with Crippen molar-refractivity contribution < 1.29 is 4.74 Å². The number of aromatic nitrogens is 4. The molecule has 3 aromatic rings. The topological polar surface area (TPSA) is 52.3 Å². The lowest BCUT2D eigenvalue weighted by atomic mass is 10.2. The van der Waals surface area contributed by atoms with E-state index < -0.39 is 0 Å². The summed E-state index contributed by atoms with van der Waals surface area (Å²) in [6.45, 7) is 0.861. The summed E-state index contributed by atoms with van der Waals surface area (Å²) in [5, 5.41) is 12.6. The smallest absolute Gasteiger partial charge is 0.180 e. The molecule has 0 N–H and O–H groups in total. The summed E-state index contributed by atoms with van der Waals surface area (Å²) in [6, 6.07) is 13.4. The van der Waals surface area contributed by atoms with Crippen molar-refractivity contribution in [3.8, 4) is 0 Å². The van der Waals surface area contributed by atoms with Crippen LogP contribution in [0.2, 0.25) is 5.15 Å². The zero-order chi connectivity index (χ0) is 13.1. The van der Waals surface area contributed by atoms with Gasteiger partial charge in [0.15, 0.2) is 11.5 Å². The van der Waals surface area contributed by atoms with Crippen LogP contribution < -0.4 is 0 Å². The van der Waals surface area contributed by atoms with E-state index in [9.17, 15) is 0 Å². The Bertz CT molecular complexity index is 683. The first-order valence-electron chi connectivity index (χ1n) is 5.81. The van der Waals surface area contributed by atoms with E-state index in [1.54, 1.807) is 16.6 Å². The van der Waals surface area contributed by atoms with E-state index in [0.717, 1.165) is 5.56 Å². The van der Waals surface area contributed by atoms with Crippen LogP contribution in [0.1, 0.15) is 11.4 Å². The molecule has 0 aliphatic rings. The van der Waals surface area contributed by atoms with E-state index in [0.29, 0.717) is 29.8 Å². The summed E-state index contributed by atoms with van der Waals surface area (Å²) in [5.41, 5.74) is 1.77. The molecule has 6 heteroatoms. The summed E-state index contributed by atoms with van der Waals surface area (Å²) >= 11 is 5.85. The van der Waals surface area contributed by atoms with E-state index in [1.807, 2.05) is 30.3 Å². The second kappa shape index (κ2) is 5.34. The Morgan fingerprint density at radius 3 is 2.68 bits per heavy atom. The third-order valence-electron chi connectivity index (χ3n) is 2.64. The SMILES string of the molecule is Clc1ccc2nnc(COCc3ccccc3)n2n1. The van der Waals surface area contributed by atoms with Gasteiger partial charge in [-0.25, -0.2) is 0 Å². The van der Waals surface area contributed by atoms with Gasteiger partial charge in [-0.3, -0.25) is 0 Å². The molecule has 19 heavy (non-hydrogen) atoms. The third-order valence-corrected chi connectivity index (χ3v) is 2.84. The Kier molecular flexibility index (Phi) is 3.39. The number of hydrogen-bond acceptors (Lipinski definition) is 4. The van der Waals surface area contributed by atoms with Crippen LogP contribution in [0.4, 0.5) is 0 Å². The minimum atomic E-state index is 0.337. The van der Waals surface area contributed by atoms with E-state index in [2.05, 4.69) is 15.3 Å². The Labute approximate surface area is 114 Å². The number of fused-ring (bicyclic) bond motifs is 1. The van der Waals surface area contributed by atoms with Crippen molar-refractivity contribution in [3.63, 3.8) is 0 Å². The highest BCUT2D eigenvalue weighted by Gasteiger charge is 2.07. The van der Waals surface area contributed by atoms with Gasteiger partial charge in [-0.05, 0) is 17.7 Å². The van der Waals surface area contributed by atoms with E-state index in [-0.39, 0.29) is 0 Å². The zero-order valence-electron chi connectivity index (χ0n) is 10.0. The summed E-state index contributed by atoms with van der Waals surface area (Å²) in [4.78, 5) is 0. The van der Waals surface area contributed by atoms with Crippen LogP contribution in [0, 0.1) is 0 Å². The van der Waals surface area contributed by atoms with Crippen molar-refractivity contribution in [2.75, 3.05) is 0 Å². The highest BCUT2D eigenvalue weighted by molar-refractivity contribution is 6.29. The predicted molar refractivity (Wildman–Crippen MR) is 70.7 cm³/mol. The molecule has 0 saturated carbocycles. The third kappa shape index (κ3) is 2.72. The molecule has 0 radical (unpaired) electrons. The fourth-order valence-corrected chi connectivity index (χ4v) is 1.87. The lowest BCUT2D eigenvalue weighted by Gasteiger charge is -2.02. The molecule has 0 atom stereocenters. The molecular formula is C13H11ClN4O. The van der Waals surface area contributed by atoms with E-state index in [1.165, 1.54) is 0 Å². The van der Waals surface area contributed by atoms with Crippen LogP contribution in [0.15, 0.2) is 42.5 Å². The Hall–Kier alpha value is -1.98. The Morgan fingerprint density at radius 1 is 1.00 bits per heavy atom. The average molecular weight is 275 g/mol. The first kappa shape index (κ1) is 12.1. The number of rotatable bonds is 4. The van der Waals surface area contributed by atoms with Gasteiger partial charge < -0.3 is 4.74 Å². The highest BCUT2D eigenvalue weighted by atomic mass is 35.5. The van der Waals surface area contributed by atoms with Crippen molar-refractivity contribution in [1.82, 2.24) is 19.8 Å². The molecule has 0 bridgehead atoms. The first-order chi connectivity index (χ1) is 9.33. The molecule has 5 nitrogen and oxygen atoms in total. The maximum atomic E-state index is 5.85. The lowest BCUT2D eigenvalue weighted by Crippen LogP contribution is -2.02. The van der Waals surface area contributed by atoms with Crippen LogP contribution in [-0.2, 0) is 18.0 Å². The molecule has 2 aromatic heterocycles. The second-order valence-electron chi connectivity index (χ2n) is 4.02. The molecule has 3 rings (SSSR count). The molecule has 0 aliphatic carbocycles. The van der Waals surface area contributed by atoms with Gasteiger partial charge in [0.1, 0.15) is 11.8 Å². The molecule has 0 unspecified atom stereocenters. The molecule has 0 spiro atoms. The van der Waals surface area contributed by atoms with E-state index >= 15 is 0 Å². The Morgan fingerprint density at radius 2 is 1.84 bits per heavy atom. The van der Waals surface area contributed by atoms with Crippen molar-refractivity contribution >= 4 is 17.2 Å². The normalized spacial score (nSPS) is 11.0. The fourth-order valence-electron chi connectivity index (χ4n) is 1.74. The molecule has 0 saturated heterocycles. The van der Waals surface area contributed by atoms with Crippen LogP contribution in [-0.4, -0.2) is 19.8 Å². The number of ether oxygens (including phenoxy) is 1. The second-order valence-corrected chi connectivity index (χ2v) is 4.41. The summed E-state index contributed by atoms with van der Waals surface area (Å²) in [5.74, 6) is 0.633. The number of hydrogen-bond donors (Lipinski definition) is 0. The average Bonchev–Trinajstić information content (AvgIpc) is 2.83. The monoisotopic (exact) mass is 274 g/mol. The van der Waals surface area contributed by atoms with Crippen molar-refractivity contribution in [2.24, 2.45) is 0 Å². The molecule has 0 aliphatic heterocycles. The van der Waals surface area contributed by atoms with Crippen LogP contribution >= 0.6 is 11.6 Å². The summed E-state index contributed by atoms with van der Waals surface area (Å²) < 4.78 is 7.20. The minimum Gasteiger partial charge on any atom is -0.369 e. The maximum Gasteiger partial charge on any atom is 0.180 e. The number of halogens is 1. The molecule has 96 valence electrons. The van der Waals surface area contributed by atoms with Gasteiger partial charge in [-0.15, -0.1) is 10.2 Å². The number of benzene rings is 1. The standard InChI is InChI=1S/C13H11ClN4O/c14-11-6-7-12-15-16-13(18(12)17-11)9-19-8-10-4-2-1-3-5-10/h1-7H,8-9H2. The quantitative estimate of drug-likeness (QED) is 0.733. The lowest BCUT2D eigenvalue weighted by molar-refractivity contribution is 0.100. The van der Waals surface area contributed by atoms with Crippen LogP contribution in [0.5, 0.6) is 0 Å². The van der Waals surface area contributed by atoms with Crippen LogP contribution in [0.25, 0.3) is 5.65 Å². The minimum absolute atomic E-state index is 0.337. The molecular weight excluding hydrogens is 264 g/mol. The van der Waals surface area contributed by atoms with Gasteiger partial charge in [0.25, 0.3) is 0 Å². The van der Waals surface area contributed by atoms with Gasteiger partial charge in [0.2, 0.25) is 0 Å². The predicted octanol–water partition coefficient (Wildman–Crippen LogP) is 2.49. The van der Waals surface area contributed by atoms with Crippen LogP contribution in [0.3, 0.4) is 0 Å². The highest BCUT2D eigenvalue weighted by Crippen LogP contribution is 2.09. The largest absolute Gasteiger partial charge is 0.369 e. The Balaban J connectivity index is 1.70. The maximum absolute atomic E-state index is 5.85. The van der Waals surface area contributed by atoms with Gasteiger partial charge in [-0.2, -0.15) is 9.61 Å². The van der Waals surface area contributed by atoms with Gasteiger partial charge in [-0.1, -0.05) is 41.9 Å². The number of nitrogens with zero attached hydrogens (tertiary/aromatic N) is 4. The van der Waals surface area contributed by atoms with Gasteiger partial charge >= 0.3 is 0 Å². The van der Waals surface area contributed by atoms with Crippen molar-refractivity contribution in [2.45, 2.75) is 13.2 Å². The van der Waals surface area contributed by atoms with Crippen molar-refractivity contribution in [1.29, 1.82) is 0 Å². The molecule has 1 aromatic carbocycles. The van der Waals surface area contributed by atoms with Gasteiger partial charge in [0.05, 0.1) is 6.61 Å². The van der Waals surface area contributed by atoms with Crippen molar-refractivity contribution in [3.05, 3.63) is 59.0 Å². The summed E-state index contributed by atoms with van der Waals surface area (Å²) in [7, 11) is 0. The fraction of sp³-hybridized carbons (Fsp3) is 0.154. The first-order valence-corrected chi connectivity index (χ1v) is 6.19. The summed E-state index contributed by atoms with van der Waals surface area (Å²) in [6.07, 6.45) is 0. The molecule has 2 heterocycles. The zero-order valence-corrected chi connectivity index (χ0v) is 10.8. The van der Waals surface area contributed by atoms with E-state index in [4.69, 9.17) is 16.3 Å². The molecule has 0 fully saturated rings. The van der Waals surface area contributed by atoms with Gasteiger partial charge in [0, 0.05) is 0 Å². The molecule has 0 amide bonds.